The lowest BCUT2D eigenvalue weighted by Gasteiger charge is -1.93. The van der Waals surface area contributed by atoms with Crippen molar-refractivity contribution in [3.05, 3.63) is 17.5 Å². The fraction of sp³-hybridized carbons (Fsp3) is 0.333. The molecule has 0 saturated carbocycles. The van der Waals surface area contributed by atoms with E-state index in [-0.39, 0.29) is 12.5 Å². The largest absolute Gasteiger partial charge is 0.368 e. The van der Waals surface area contributed by atoms with Gasteiger partial charge in [0.05, 0.1) is 5.69 Å². The van der Waals surface area contributed by atoms with Crippen LogP contribution in [0.15, 0.2) is 15.6 Å². The maximum Gasteiger partial charge on any atom is 0.213 e. The van der Waals surface area contributed by atoms with E-state index in [0.29, 0.717) is 5.76 Å². The fourth-order valence-corrected chi connectivity index (χ4v) is 0.689. The van der Waals surface area contributed by atoms with Gasteiger partial charge in [0.2, 0.25) is 5.96 Å². The molecule has 0 aliphatic heterocycles. The SMILES string of the molecule is Cc1cc(CN=C(N)NO)on1. The van der Waals surface area contributed by atoms with E-state index in [1.165, 1.54) is 0 Å². The van der Waals surface area contributed by atoms with E-state index < -0.39 is 0 Å². The summed E-state index contributed by atoms with van der Waals surface area (Å²) in [6.07, 6.45) is 0. The van der Waals surface area contributed by atoms with Crippen LogP contribution in [-0.4, -0.2) is 16.3 Å². The number of guanidine groups is 1. The van der Waals surface area contributed by atoms with Crippen LogP contribution in [0, 0.1) is 6.92 Å². The van der Waals surface area contributed by atoms with Crippen LogP contribution in [0.3, 0.4) is 0 Å². The van der Waals surface area contributed by atoms with Crippen LogP contribution in [-0.2, 0) is 6.54 Å². The lowest BCUT2D eigenvalue weighted by molar-refractivity contribution is 0.232. The molecule has 6 nitrogen and oxygen atoms in total. The lowest BCUT2D eigenvalue weighted by atomic mass is 10.4. The summed E-state index contributed by atoms with van der Waals surface area (Å²) in [6, 6.07) is 1.74. The average molecular weight is 170 g/mol. The predicted octanol–water partition coefficient (Wildman–Crippen LogP) is -0.223. The molecule has 0 atom stereocenters. The Hall–Kier alpha value is -1.56. The number of aromatic nitrogens is 1. The van der Waals surface area contributed by atoms with Gasteiger partial charge in [0.15, 0.2) is 5.76 Å². The molecule has 6 heteroatoms. The minimum absolute atomic E-state index is 0.0518. The van der Waals surface area contributed by atoms with Crippen molar-refractivity contribution in [2.45, 2.75) is 13.5 Å². The molecule has 0 bridgehead atoms. The Morgan fingerprint density at radius 2 is 2.67 bits per heavy atom. The molecule has 0 fully saturated rings. The number of hydrogen-bond donors (Lipinski definition) is 3. The van der Waals surface area contributed by atoms with E-state index in [0.717, 1.165) is 5.69 Å². The molecule has 1 rings (SSSR count). The number of nitrogens with zero attached hydrogens (tertiary/aromatic N) is 2. The number of hydroxylamine groups is 1. The first kappa shape index (κ1) is 8.54. The molecule has 0 amide bonds. The van der Waals surface area contributed by atoms with E-state index in [1.54, 1.807) is 11.5 Å². The van der Waals surface area contributed by atoms with Crippen molar-refractivity contribution in [2.75, 3.05) is 0 Å². The molecule has 0 saturated heterocycles. The van der Waals surface area contributed by atoms with Crippen LogP contribution < -0.4 is 11.2 Å². The minimum atomic E-state index is -0.0518. The van der Waals surface area contributed by atoms with Crippen molar-refractivity contribution in [1.82, 2.24) is 10.6 Å². The molecular weight excluding hydrogens is 160 g/mol. The second-order valence-electron chi connectivity index (χ2n) is 2.25. The van der Waals surface area contributed by atoms with Crippen molar-refractivity contribution in [1.29, 1.82) is 0 Å². The number of hydrogen-bond acceptors (Lipinski definition) is 4. The second kappa shape index (κ2) is 3.72. The van der Waals surface area contributed by atoms with Crippen LogP contribution in [0.4, 0.5) is 0 Å². The lowest BCUT2D eigenvalue weighted by Crippen LogP contribution is -2.28. The summed E-state index contributed by atoms with van der Waals surface area (Å²) in [4.78, 5) is 3.73. The third kappa shape index (κ3) is 2.24. The zero-order valence-electron chi connectivity index (χ0n) is 6.61. The van der Waals surface area contributed by atoms with Gasteiger partial charge in [-0.1, -0.05) is 5.16 Å². The Morgan fingerprint density at radius 3 is 3.17 bits per heavy atom. The highest BCUT2D eigenvalue weighted by atomic mass is 16.5. The van der Waals surface area contributed by atoms with Gasteiger partial charge in [-0.3, -0.25) is 5.21 Å². The number of aliphatic imine (C=N–C) groups is 1. The maximum atomic E-state index is 8.27. The summed E-state index contributed by atoms with van der Waals surface area (Å²) < 4.78 is 4.84. The van der Waals surface area contributed by atoms with Crippen molar-refractivity contribution in [3.8, 4) is 0 Å². The highest BCUT2D eigenvalue weighted by Crippen LogP contribution is 2.02. The highest BCUT2D eigenvalue weighted by molar-refractivity contribution is 5.76. The molecular formula is C6H10N4O2. The van der Waals surface area contributed by atoms with Crippen molar-refractivity contribution >= 4 is 5.96 Å². The number of aryl methyl sites for hydroxylation is 1. The van der Waals surface area contributed by atoms with Crippen LogP contribution >= 0.6 is 0 Å². The van der Waals surface area contributed by atoms with Gasteiger partial charge < -0.3 is 10.3 Å². The standard InChI is InChI=1S/C6H10N4O2/c1-4-2-5(12-10-4)3-8-6(7)9-11/h2,11H,3H2,1H3,(H3,7,8,9). The zero-order valence-corrected chi connectivity index (χ0v) is 6.61. The summed E-state index contributed by atoms with van der Waals surface area (Å²) >= 11 is 0. The molecule has 0 aliphatic carbocycles. The molecule has 12 heavy (non-hydrogen) atoms. The fourth-order valence-electron chi connectivity index (χ4n) is 0.689. The third-order valence-corrected chi connectivity index (χ3v) is 1.20. The molecule has 1 aromatic heterocycles. The van der Waals surface area contributed by atoms with E-state index in [2.05, 4.69) is 10.1 Å². The molecule has 0 spiro atoms. The Morgan fingerprint density at radius 1 is 1.92 bits per heavy atom. The van der Waals surface area contributed by atoms with E-state index in [1.807, 2.05) is 6.92 Å². The van der Waals surface area contributed by atoms with E-state index >= 15 is 0 Å². The quantitative estimate of drug-likeness (QED) is 0.324. The summed E-state index contributed by atoms with van der Waals surface area (Å²) in [7, 11) is 0. The first-order valence-corrected chi connectivity index (χ1v) is 3.34. The molecule has 0 radical (unpaired) electrons. The normalized spacial score (nSPS) is 11.7. The predicted molar refractivity (Wildman–Crippen MR) is 41.5 cm³/mol. The van der Waals surface area contributed by atoms with Crippen molar-refractivity contribution in [2.24, 2.45) is 10.7 Å². The molecule has 0 aromatic carbocycles. The van der Waals surface area contributed by atoms with Gasteiger partial charge >= 0.3 is 0 Å². The maximum absolute atomic E-state index is 8.27. The van der Waals surface area contributed by atoms with Gasteiger partial charge in [-0.05, 0) is 6.92 Å². The van der Waals surface area contributed by atoms with Crippen molar-refractivity contribution in [3.63, 3.8) is 0 Å². The first-order chi connectivity index (χ1) is 5.72. The average Bonchev–Trinajstić information content (AvgIpc) is 2.47. The van der Waals surface area contributed by atoms with E-state index in [4.69, 9.17) is 15.5 Å². The second-order valence-corrected chi connectivity index (χ2v) is 2.25. The first-order valence-electron chi connectivity index (χ1n) is 3.34. The highest BCUT2D eigenvalue weighted by Gasteiger charge is 1.98. The minimum Gasteiger partial charge on any atom is -0.368 e. The Kier molecular flexibility index (Phi) is 2.65. The molecule has 66 valence electrons. The van der Waals surface area contributed by atoms with Crippen molar-refractivity contribution < 1.29 is 9.73 Å². The number of rotatable bonds is 2. The number of nitrogens with two attached hydrogens (primary N) is 1. The Bertz CT molecular complexity index is 281. The van der Waals surface area contributed by atoms with Gasteiger partial charge in [-0.15, -0.1) is 0 Å². The monoisotopic (exact) mass is 170 g/mol. The van der Waals surface area contributed by atoms with Gasteiger partial charge in [-0.25, -0.2) is 10.5 Å². The zero-order chi connectivity index (χ0) is 8.97. The summed E-state index contributed by atoms with van der Waals surface area (Å²) in [6.45, 7) is 2.07. The Balaban J connectivity index is 2.53. The van der Waals surface area contributed by atoms with Gasteiger partial charge in [-0.2, -0.15) is 0 Å². The van der Waals surface area contributed by atoms with Crippen LogP contribution in [0.25, 0.3) is 0 Å². The summed E-state index contributed by atoms with van der Waals surface area (Å²) in [5.74, 6) is 0.551. The molecule has 1 aromatic rings. The van der Waals surface area contributed by atoms with Crippen LogP contribution in [0.5, 0.6) is 0 Å². The molecule has 1 heterocycles. The van der Waals surface area contributed by atoms with Gasteiger partial charge in [0, 0.05) is 6.07 Å². The Labute approximate surface area is 69.0 Å². The summed E-state index contributed by atoms with van der Waals surface area (Å²) in [5, 5.41) is 11.9. The van der Waals surface area contributed by atoms with Gasteiger partial charge in [0.1, 0.15) is 6.54 Å². The van der Waals surface area contributed by atoms with Gasteiger partial charge in [0.25, 0.3) is 0 Å². The van der Waals surface area contributed by atoms with Crippen LogP contribution in [0.1, 0.15) is 11.5 Å². The molecule has 0 unspecified atom stereocenters. The smallest absolute Gasteiger partial charge is 0.213 e. The van der Waals surface area contributed by atoms with Crippen LogP contribution in [0.2, 0.25) is 0 Å². The number of nitrogens with one attached hydrogen (secondary N) is 1. The third-order valence-electron chi connectivity index (χ3n) is 1.20. The topological polar surface area (TPSA) is 96.7 Å². The van der Waals surface area contributed by atoms with E-state index in [9.17, 15) is 0 Å². The molecule has 4 N–H and O–H groups in total. The molecule has 0 aliphatic rings. The summed E-state index contributed by atoms with van der Waals surface area (Å²) in [5.41, 5.74) is 7.65.